The second-order valence-electron chi connectivity index (χ2n) is 5.60. The van der Waals surface area contributed by atoms with E-state index in [2.05, 4.69) is 78.8 Å². The lowest BCUT2D eigenvalue weighted by Gasteiger charge is -2.09. The van der Waals surface area contributed by atoms with Crippen LogP contribution in [0.2, 0.25) is 0 Å². The zero-order valence-electron chi connectivity index (χ0n) is 12.1. The number of hydrogen-bond donors (Lipinski definition) is 0. The van der Waals surface area contributed by atoms with Crippen LogP contribution in [0.1, 0.15) is 11.1 Å². The van der Waals surface area contributed by atoms with Gasteiger partial charge in [0.05, 0.1) is 11.0 Å². The van der Waals surface area contributed by atoms with Crippen molar-refractivity contribution in [3.05, 3.63) is 78.4 Å². The van der Waals surface area contributed by atoms with Gasteiger partial charge in [-0.3, -0.25) is 0 Å². The highest BCUT2D eigenvalue weighted by Crippen LogP contribution is 2.36. The smallest absolute Gasteiger partial charge is 0.0576 e. The van der Waals surface area contributed by atoms with Gasteiger partial charge in [0.2, 0.25) is 0 Å². The summed E-state index contributed by atoms with van der Waals surface area (Å²) in [5.74, 6) is 0. The molecule has 0 bridgehead atoms. The Balaban J connectivity index is 2.29. The number of fused-ring (bicyclic) bond motifs is 3. The normalized spacial score (nSPS) is 17.5. The van der Waals surface area contributed by atoms with E-state index in [0.29, 0.717) is 0 Å². The first-order valence-electron chi connectivity index (χ1n) is 7.31. The number of benzene rings is 2. The van der Waals surface area contributed by atoms with E-state index in [1.807, 2.05) is 0 Å². The van der Waals surface area contributed by atoms with Crippen molar-refractivity contribution < 1.29 is 0 Å². The van der Waals surface area contributed by atoms with Crippen molar-refractivity contribution in [3.63, 3.8) is 0 Å². The van der Waals surface area contributed by atoms with Crippen LogP contribution in [-0.4, -0.2) is 4.57 Å². The summed E-state index contributed by atoms with van der Waals surface area (Å²) in [4.78, 5) is 0. The highest BCUT2D eigenvalue weighted by molar-refractivity contribution is 6.12. The Bertz CT molecular complexity index is 935. The molecule has 0 radical (unpaired) electrons. The fraction of sp³-hybridized carbons (Fsp3) is 0.100. The lowest BCUT2D eigenvalue weighted by Crippen LogP contribution is -1.95. The summed E-state index contributed by atoms with van der Waals surface area (Å²) >= 11 is 0. The molecule has 1 aliphatic heterocycles. The van der Waals surface area contributed by atoms with E-state index >= 15 is 0 Å². The molecule has 0 unspecified atom stereocenters. The molecule has 0 amide bonds. The molecule has 4 rings (SSSR count). The Morgan fingerprint density at radius 2 is 1.90 bits per heavy atom. The lowest BCUT2D eigenvalue weighted by atomic mass is 10.0. The maximum Gasteiger partial charge on any atom is 0.0576 e. The summed E-state index contributed by atoms with van der Waals surface area (Å²) in [6.45, 7) is 6.46. The fourth-order valence-electron chi connectivity index (χ4n) is 3.34. The number of aryl methyl sites for hydroxylation is 1. The largest absolute Gasteiger partial charge is 0.310 e. The van der Waals surface area contributed by atoms with Crippen LogP contribution in [0.4, 0.5) is 0 Å². The van der Waals surface area contributed by atoms with Crippen LogP contribution in [0.15, 0.2) is 67.3 Å². The van der Waals surface area contributed by atoms with Crippen molar-refractivity contribution in [1.82, 2.24) is 4.57 Å². The summed E-state index contributed by atoms with van der Waals surface area (Å²) in [6.07, 6.45) is 9.41. The zero-order chi connectivity index (χ0) is 14.4. The molecule has 0 atom stereocenters. The molecule has 0 spiro atoms. The van der Waals surface area contributed by atoms with Gasteiger partial charge in [-0.15, -0.1) is 0 Å². The molecule has 21 heavy (non-hydrogen) atoms. The van der Waals surface area contributed by atoms with Crippen LogP contribution in [0, 0.1) is 6.92 Å². The summed E-state index contributed by atoms with van der Waals surface area (Å²) in [5.41, 5.74) is 6.22. The number of rotatable bonds is 0. The van der Waals surface area contributed by atoms with Crippen LogP contribution in [0.25, 0.3) is 27.5 Å². The van der Waals surface area contributed by atoms with Crippen LogP contribution in [-0.2, 0) is 6.42 Å². The topological polar surface area (TPSA) is 4.93 Å². The zero-order valence-corrected chi connectivity index (χ0v) is 12.1. The summed E-state index contributed by atoms with van der Waals surface area (Å²) in [5, 5.41) is 2.67. The maximum absolute atomic E-state index is 4.28. The quantitative estimate of drug-likeness (QED) is 0.527. The minimum Gasteiger partial charge on any atom is -0.310 e. The predicted octanol–water partition coefficient (Wildman–Crippen LogP) is 5.24. The van der Waals surface area contributed by atoms with Crippen molar-refractivity contribution in [3.8, 4) is 0 Å². The molecule has 0 N–H and O–H groups in total. The third-order valence-corrected chi connectivity index (χ3v) is 4.27. The second-order valence-corrected chi connectivity index (χ2v) is 5.60. The molecule has 2 heterocycles. The number of aromatic nitrogens is 1. The Morgan fingerprint density at radius 3 is 2.81 bits per heavy atom. The molecule has 2 aromatic carbocycles. The van der Waals surface area contributed by atoms with Gasteiger partial charge in [-0.05, 0) is 36.6 Å². The maximum atomic E-state index is 4.28. The molecule has 0 aliphatic carbocycles. The average Bonchev–Trinajstić information content (AvgIpc) is 2.85. The van der Waals surface area contributed by atoms with E-state index in [-0.39, 0.29) is 0 Å². The molecule has 1 aliphatic rings. The van der Waals surface area contributed by atoms with Crippen LogP contribution in [0.5, 0.6) is 0 Å². The van der Waals surface area contributed by atoms with Gasteiger partial charge in [0, 0.05) is 16.5 Å². The Morgan fingerprint density at radius 1 is 1.05 bits per heavy atom. The molecule has 1 heteroatoms. The Hall–Kier alpha value is -2.54. The van der Waals surface area contributed by atoms with Gasteiger partial charge in [-0.1, -0.05) is 55.1 Å². The van der Waals surface area contributed by atoms with Crippen LogP contribution in [0.3, 0.4) is 0 Å². The standard InChI is InChI=1S/C20H17N/c1-14-8-6-13-18-19(14)17-12-7-11-16-10-5-3-4-9-15(2)21(18)20(16)17/h3-9,11-13H,2,10H2,1H3/b5-3-,9-4-. The first-order valence-corrected chi connectivity index (χ1v) is 7.31. The second kappa shape index (κ2) is 4.49. The van der Waals surface area contributed by atoms with Crippen molar-refractivity contribution in [2.24, 2.45) is 0 Å². The fourth-order valence-corrected chi connectivity index (χ4v) is 3.34. The number of hydrogen-bond acceptors (Lipinski definition) is 0. The average molecular weight is 271 g/mol. The number of para-hydroxylation sites is 1. The molecule has 1 aromatic heterocycles. The van der Waals surface area contributed by atoms with Crippen molar-refractivity contribution in [2.75, 3.05) is 0 Å². The van der Waals surface area contributed by atoms with Gasteiger partial charge in [0.1, 0.15) is 0 Å². The molecule has 0 fully saturated rings. The van der Waals surface area contributed by atoms with Gasteiger partial charge in [-0.25, -0.2) is 0 Å². The predicted molar refractivity (Wildman–Crippen MR) is 91.5 cm³/mol. The SMILES string of the molecule is C=C1/C=C\C=C/Cc2cccc3c4c(C)cccc4n1c23. The van der Waals surface area contributed by atoms with E-state index in [1.54, 1.807) is 0 Å². The van der Waals surface area contributed by atoms with Gasteiger partial charge in [-0.2, -0.15) is 0 Å². The highest BCUT2D eigenvalue weighted by atomic mass is 15.0. The van der Waals surface area contributed by atoms with Crippen molar-refractivity contribution in [2.45, 2.75) is 13.3 Å². The van der Waals surface area contributed by atoms with Gasteiger partial charge in [0.25, 0.3) is 0 Å². The van der Waals surface area contributed by atoms with E-state index in [1.165, 1.54) is 32.9 Å². The third kappa shape index (κ3) is 1.71. The molecular weight excluding hydrogens is 254 g/mol. The molecular formula is C20H17N. The Kier molecular flexibility index (Phi) is 2.61. The van der Waals surface area contributed by atoms with Crippen LogP contribution >= 0.6 is 0 Å². The highest BCUT2D eigenvalue weighted by Gasteiger charge is 2.15. The van der Waals surface area contributed by atoms with E-state index in [0.717, 1.165) is 12.1 Å². The van der Waals surface area contributed by atoms with Crippen molar-refractivity contribution in [1.29, 1.82) is 0 Å². The molecule has 102 valence electrons. The number of allylic oxidation sites excluding steroid dienone is 5. The van der Waals surface area contributed by atoms with Crippen molar-refractivity contribution >= 4 is 27.5 Å². The molecule has 0 saturated carbocycles. The van der Waals surface area contributed by atoms with E-state index < -0.39 is 0 Å². The van der Waals surface area contributed by atoms with Gasteiger partial charge < -0.3 is 4.57 Å². The van der Waals surface area contributed by atoms with Crippen LogP contribution < -0.4 is 0 Å². The summed E-state index contributed by atoms with van der Waals surface area (Å²) in [7, 11) is 0. The Labute approximate surface area is 124 Å². The van der Waals surface area contributed by atoms with E-state index in [4.69, 9.17) is 0 Å². The minimum absolute atomic E-state index is 0.949. The monoisotopic (exact) mass is 271 g/mol. The minimum atomic E-state index is 0.949. The lowest BCUT2D eigenvalue weighted by molar-refractivity contribution is 1.20. The first kappa shape index (κ1) is 12.2. The summed E-state index contributed by atoms with van der Waals surface area (Å²) in [6, 6.07) is 13.1. The molecule has 0 saturated heterocycles. The molecule has 3 aromatic rings. The van der Waals surface area contributed by atoms with Gasteiger partial charge in [0.15, 0.2) is 0 Å². The number of nitrogens with zero attached hydrogens (tertiary/aromatic N) is 1. The summed E-state index contributed by atoms with van der Waals surface area (Å²) < 4.78 is 2.30. The van der Waals surface area contributed by atoms with E-state index in [9.17, 15) is 0 Å². The first-order chi connectivity index (χ1) is 10.3. The molecule has 1 nitrogen and oxygen atoms in total. The van der Waals surface area contributed by atoms with Gasteiger partial charge >= 0.3 is 0 Å². The third-order valence-electron chi connectivity index (χ3n) is 4.27.